The molecule has 2 unspecified atom stereocenters. The maximum Gasteiger partial charge on any atom is 0.123 e. The van der Waals surface area contributed by atoms with Gasteiger partial charge in [0, 0.05) is 6.61 Å². The van der Waals surface area contributed by atoms with Gasteiger partial charge in [-0.15, -0.1) is 0 Å². The van der Waals surface area contributed by atoms with Crippen molar-refractivity contribution in [1.29, 1.82) is 0 Å². The van der Waals surface area contributed by atoms with E-state index in [0.29, 0.717) is 5.92 Å². The largest absolute Gasteiger partial charge is 0.396 e. The lowest BCUT2D eigenvalue weighted by atomic mass is 9.96. The van der Waals surface area contributed by atoms with E-state index in [-0.39, 0.29) is 17.8 Å². The molecule has 0 spiro atoms. The fourth-order valence-corrected chi connectivity index (χ4v) is 2.12. The Bertz CT molecular complexity index is 337. The lowest BCUT2D eigenvalue weighted by Crippen LogP contribution is -2.05. The number of hydrogen-bond donors (Lipinski definition) is 1. The highest BCUT2D eigenvalue weighted by Crippen LogP contribution is 2.53. The van der Waals surface area contributed by atoms with Crippen molar-refractivity contribution in [3.8, 4) is 0 Å². The van der Waals surface area contributed by atoms with Crippen molar-refractivity contribution in [3.05, 3.63) is 35.6 Å². The normalized spacial score (nSPS) is 30.4. The quantitative estimate of drug-likeness (QED) is 0.783. The van der Waals surface area contributed by atoms with Crippen molar-refractivity contribution in [1.82, 2.24) is 0 Å². The van der Waals surface area contributed by atoms with Crippen LogP contribution in [0.1, 0.15) is 18.9 Å². The van der Waals surface area contributed by atoms with Crippen molar-refractivity contribution >= 4 is 0 Å². The highest BCUT2D eigenvalue weighted by Gasteiger charge is 2.48. The molecule has 76 valence electrons. The standard InChI is InChI=1S/C12H15FO/c1-12(7-10(12)8-14)6-9-3-2-4-11(13)5-9/h2-5,10,14H,6-8H2,1H3. The number of hydrogen-bond acceptors (Lipinski definition) is 1. The second-order valence-corrected chi connectivity index (χ2v) is 4.54. The molecule has 0 amide bonds. The van der Waals surface area contributed by atoms with Crippen LogP contribution in [0.2, 0.25) is 0 Å². The number of aliphatic hydroxyl groups is 1. The molecule has 1 aliphatic carbocycles. The van der Waals surface area contributed by atoms with Gasteiger partial charge < -0.3 is 5.11 Å². The molecule has 0 heterocycles. The van der Waals surface area contributed by atoms with Gasteiger partial charge in [-0.3, -0.25) is 0 Å². The van der Waals surface area contributed by atoms with E-state index < -0.39 is 0 Å². The fourth-order valence-electron chi connectivity index (χ4n) is 2.12. The molecular weight excluding hydrogens is 179 g/mol. The number of rotatable bonds is 3. The summed E-state index contributed by atoms with van der Waals surface area (Å²) >= 11 is 0. The van der Waals surface area contributed by atoms with Gasteiger partial charge in [0.1, 0.15) is 5.82 Å². The molecule has 2 rings (SSSR count). The highest BCUT2D eigenvalue weighted by molar-refractivity contribution is 5.20. The van der Waals surface area contributed by atoms with Crippen molar-refractivity contribution in [3.63, 3.8) is 0 Å². The SMILES string of the molecule is CC1(Cc2cccc(F)c2)CC1CO. The summed E-state index contributed by atoms with van der Waals surface area (Å²) < 4.78 is 12.9. The Balaban J connectivity index is 2.05. The van der Waals surface area contributed by atoms with E-state index in [9.17, 15) is 4.39 Å². The first-order valence-corrected chi connectivity index (χ1v) is 4.99. The second kappa shape index (κ2) is 3.35. The minimum atomic E-state index is -0.174. The summed E-state index contributed by atoms with van der Waals surface area (Å²) in [4.78, 5) is 0. The third-order valence-electron chi connectivity index (χ3n) is 3.26. The fraction of sp³-hybridized carbons (Fsp3) is 0.500. The van der Waals surface area contributed by atoms with Crippen molar-refractivity contribution in [2.45, 2.75) is 19.8 Å². The Kier molecular flexibility index (Phi) is 2.31. The van der Waals surface area contributed by atoms with Crippen LogP contribution in [0, 0.1) is 17.2 Å². The molecule has 0 bridgehead atoms. The first kappa shape index (κ1) is 9.66. The lowest BCUT2D eigenvalue weighted by Gasteiger charge is -2.10. The summed E-state index contributed by atoms with van der Waals surface area (Å²) in [6.45, 7) is 2.41. The molecule has 1 fully saturated rings. The summed E-state index contributed by atoms with van der Waals surface area (Å²) in [6, 6.07) is 6.73. The minimum Gasteiger partial charge on any atom is -0.396 e. The van der Waals surface area contributed by atoms with E-state index >= 15 is 0 Å². The molecule has 1 aromatic carbocycles. The van der Waals surface area contributed by atoms with Crippen LogP contribution in [0.25, 0.3) is 0 Å². The van der Waals surface area contributed by atoms with Crippen LogP contribution in [0.3, 0.4) is 0 Å². The van der Waals surface area contributed by atoms with Gasteiger partial charge in [0.2, 0.25) is 0 Å². The molecular formula is C12H15FO. The van der Waals surface area contributed by atoms with E-state index in [2.05, 4.69) is 6.92 Å². The summed E-state index contributed by atoms with van der Waals surface area (Å²) in [6.07, 6.45) is 1.93. The van der Waals surface area contributed by atoms with E-state index in [0.717, 1.165) is 18.4 Å². The van der Waals surface area contributed by atoms with Crippen molar-refractivity contribution in [2.24, 2.45) is 11.3 Å². The predicted octanol–water partition coefficient (Wildman–Crippen LogP) is 2.39. The van der Waals surface area contributed by atoms with Crippen LogP contribution in [-0.2, 0) is 6.42 Å². The van der Waals surface area contributed by atoms with Crippen LogP contribution in [0.5, 0.6) is 0 Å². The third kappa shape index (κ3) is 1.80. The van der Waals surface area contributed by atoms with E-state index in [1.54, 1.807) is 12.1 Å². The molecule has 0 radical (unpaired) electrons. The van der Waals surface area contributed by atoms with Crippen LogP contribution in [0.4, 0.5) is 4.39 Å². The zero-order valence-electron chi connectivity index (χ0n) is 8.33. The smallest absolute Gasteiger partial charge is 0.123 e. The second-order valence-electron chi connectivity index (χ2n) is 4.54. The van der Waals surface area contributed by atoms with Crippen LogP contribution >= 0.6 is 0 Å². The number of halogens is 1. The Labute approximate surface area is 83.6 Å². The summed E-state index contributed by atoms with van der Waals surface area (Å²) in [5.74, 6) is 0.234. The van der Waals surface area contributed by atoms with Crippen LogP contribution in [-0.4, -0.2) is 11.7 Å². The average molecular weight is 194 g/mol. The van der Waals surface area contributed by atoms with Gasteiger partial charge in [0.25, 0.3) is 0 Å². The van der Waals surface area contributed by atoms with E-state index in [4.69, 9.17) is 5.11 Å². The first-order chi connectivity index (χ1) is 6.64. The lowest BCUT2D eigenvalue weighted by molar-refractivity contribution is 0.253. The topological polar surface area (TPSA) is 20.2 Å². The Morgan fingerprint density at radius 1 is 1.57 bits per heavy atom. The Hall–Kier alpha value is -0.890. The van der Waals surface area contributed by atoms with Crippen LogP contribution in [0.15, 0.2) is 24.3 Å². The van der Waals surface area contributed by atoms with Gasteiger partial charge in [0.05, 0.1) is 0 Å². The minimum absolute atomic E-state index is 0.174. The van der Waals surface area contributed by atoms with Crippen molar-refractivity contribution in [2.75, 3.05) is 6.61 Å². The molecule has 0 saturated heterocycles. The average Bonchev–Trinajstić information content (AvgIpc) is 2.76. The van der Waals surface area contributed by atoms with Crippen LogP contribution < -0.4 is 0 Å². The molecule has 1 saturated carbocycles. The zero-order chi connectivity index (χ0) is 10.2. The van der Waals surface area contributed by atoms with Gasteiger partial charge in [-0.2, -0.15) is 0 Å². The van der Waals surface area contributed by atoms with Gasteiger partial charge >= 0.3 is 0 Å². The molecule has 1 N–H and O–H groups in total. The molecule has 1 aromatic rings. The molecule has 1 nitrogen and oxygen atoms in total. The maximum atomic E-state index is 12.9. The van der Waals surface area contributed by atoms with E-state index in [1.165, 1.54) is 6.07 Å². The first-order valence-electron chi connectivity index (χ1n) is 4.99. The molecule has 14 heavy (non-hydrogen) atoms. The van der Waals surface area contributed by atoms with Gasteiger partial charge in [-0.25, -0.2) is 4.39 Å². The molecule has 0 aromatic heterocycles. The molecule has 2 heteroatoms. The van der Waals surface area contributed by atoms with Gasteiger partial charge in [-0.1, -0.05) is 19.1 Å². The Morgan fingerprint density at radius 3 is 2.93 bits per heavy atom. The molecule has 1 aliphatic rings. The predicted molar refractivity (Wildman–Crippen MR) is 53.4 cm³/mol. The third-order valence-corrected chi connectivity index (χ3v) is 3.26. The monoisotopic (exact) mass is 194 g/mol. The summed E-state index contributed by atoms with van der Waals surface area (Å²) in [5, 5.41) is 9.00. The molecule has 2 atom stereocenters. The zero-order valence-corrected chi connectivity index (χ0v) is 8.33. The Morgan fingerprint density at radius 2 is 2.36 bits per heavy atom. The summed E-state index contributed by atoms with van der Waals surface area (Å²) in [7, 11) is 0. The van der Waals surface area contributed by atoms with E-state index in [1.807, 2.05) is 6.07 Å². The summed E-state index contributed by atoms with van der Waals surface area (Å²) in [5.41, 5.74) is 1.23. The number of benzene rings is 1. The highest BCUT2D eigenvalue weighted by atomic mass is 19.1. The van der Waals surface area contributed by atoms with Gasteiger partial charge in [-0.05, 0) is 41.9 Å². The maximum absolute atomic E-state index is 12.9. The number of aliphatic hydroxyl groups excluding tert-OH is 1. The van der Waals surface area contributed by atoms with Crippen molar-refractivity contribution < 1.29 is 9.50 Å². The molecule has 0 aliphatic heterocycles. The van der Waals surface area contributed by atoms with Gasteiger partial charge in [0.15, 0.2) is 0 Å².